The van der Waals surface area contributed by atoms with Crippen LogP contribution in [0.15, 0.2) is 42.5 Å². The van der Waals surface area contributed by atoms with Crippen LogP contribution >= 0.6 is 0 Å². The summed E-state index contributed by atoms with van der Waals surface area (Å²) in [5, 5.41) is 2.62. The molecule has 1 unspecified atom stereocenters. The third kappa shape index (κ3) is 4.85. The fourth-order valence-corrected chi connectivity index (χ4v) is 2.52. The molecule has 1 heterocycles. The van der Waals surface area contributed by atoms with Gasteiger partial charge >= 0.3 is 5.97 Å². The summed E-state index contributed by atoms with van der Waals surface area (Å²) in [6, 6.07) is 9.96. The number of carbonyl (C=O) groups is 3. The van der Waals surface area contributed by atoms with Crippen molar-refractivity contribution in [2.75, 3.05) is 12.1 Å². The molecule has 1 aliphatic heterocycles. The maximum Gasteiger partial charge on any atom is 0.307 e. The van der Waals surface area contributed by atoms with Gasteiger partial charge in [-0.2, -0.15) is 0 Å². The Morgan fingerprint density at radius 1 is 1.07 bits per heavy atom. The minimum Gasteiger partial charge on any atom is -0.454 e. The number of fused-ring (bicyclic) bond motifs is 1. The van der Waals surface area contributed by atoms with Gasteiger partial charge in [-0.3, -0.25) is 14.4 Å². The summed E-state index contributed by atoms with van der Waals surface area (Å²) in [5.41, 5.74) is 0.784. The van der Waals surface area contributed by atoms with Gasteiger partial charge < -0.3 is 19.5 Å². The van der Waals surface area contributed by atoms with Crippen molar-refractivity contribution >= 4 is 23.3 Å². The van der Waals surface area contributed by atoms with E-state index in [4.69, 9.17) is 14.2 Å². The number of hydrogen-bond donors (Lipinski definition) is 1. The number of esters is 1. The summed E-state index contributed by atoms with van der Waals surface area (Å²) >= 11 is 0. The van der Waals surface area contributed by atoms with Gasteiger partial charge in [0.25, 0.3) is 5.91 Å². The minimum atomic E-state index is -1.04. The molecule has 0 saturated carbocycles. The van der Waals surface area contributed by atoms with Crippen LogP contribution in [0.3, 0.4) is 0 Å². The van der Waals surface area contributed by atoms with E-state index in [-0.39, 0.29) is 25.4 Å². The lowest BCUT2D eigenvalue weighted by Crippen LogP contribution is -2.30. The molecule has 0 aliphatic carbocycles. The van der Waals surface area contributed by atoms with Crippen LogP contribution in [-0.2, 0) is 14.3 Å². The standard InChI is InChI=1S/C20H18FNO6/c1-12(20(25)22-15-6-8-17-18(10-15)27-11-26-17)28-19(24)9-7-16(23)13-2-4-14(21)5-3-13/h2-6,8,10,12H,7,9,11H2,1H3,(H,22,25). The topological polar surface area (TPSA) is 90.9 Å². The molecule has 3 rings (SSSR count). The fourth-order valence-electron chi connectivity index (χ4n) is 2.52. The predicted molar refractivity (Wildman–Crippen MR) is 96.7 cm³/mol. The van der Waals surface area contributed by atoms with Gasteiger partial charge in [-0.25, -0.2) is 4.39 Å². The Morgan fingerprint density at radius 2 is 1.79 bits per heavy atom. The molecule has 2 aromatic rings. The highest BCUT2D eigenvalue weighted by atomic mass is 19.1. The average molecular weight is 387 g/mol. The molecule has 146 valence electrons. The van der Waals surface area contributed by atoms with Crippen LogP contribution in [-0.4, -0.2) is 30.6 Å². The van der Waals surface area contributed by atoms with E-state index in [0.717, 1.165) is 0 Å². The van der Waals surface area contributed by atoms with Crippen molar-refractivity contribution in [3.05, 3.63) is 53.8 Å². The number of nitrogens with one attached hydrogen (secondary N) is 1. The molecule has 28 heavy (non-hydrogen) atoms. The van der Waals surface area contributed by atoms with Gasteiger partial charge in [-0.1, -0.05) is 0 Å². The fraction of sp³-hybridized carbons (Fsp3) is 0.250. The maximum atomic E-state index is 12.9. The van der Waals surface area contributed by atoms with E-state index in [0.29, 0.717) is 22.7 Å². The summed E-state index contributed by atoms with van der Waals surface area (Å²) in [6.07, 6.45) is -1.32. The number of ether oxygens (including phenoxy) is 3. The predicted octanol–water partition coefficient (Wildman–Crippen LogP) is 3.09. The third-order valence-corrected chi connectivity index (χ3v) is 4.04. The number of halogens is 1. The molecule has 0 saturated heterocycles. The Hall–Kier alpha value is -3.42. The normalized spacial score (nSPS) is 12.9. The molecule has 0 aromatic heterocycles. The van der Waals surface area contributed by atoms with Crippen molar-refractivity contribution in [3.63, 3.8) is 0 Å². The van der Waals surface area contributed by atoms with Gasteiger partial charge in [0.2, 0.25) is 6.79 Å². The first-order valence-electron chi connectivity index (χ1n) is 8.61. The van der Waals surface area contributed by atoms with Gasteiger partial charge in [-0.15, -0.1) is 0 Å². The zero-order valence-corrected chi connectivity index (χ0v) is 15.1. The minimum absolute atomic E-state index is 0.0963. The smallest absolute Gasteiger partial charge is 0.307 e. The lowest BCUT2D eigenvalue weighted by molar-refractivity contribution is -0.153. The average Bonchev–Trinajstić information content (AvgIpc) is 3.14. The second kappa shape index (κ2) is 8.51. The van der Waals surface area contributed by atoms with Crippen molar-refractivity contribution in [1.82, 2.24) is 0 Å². The van der Waals surface area contributed by atoms with Crippen molar-refractivity contribution in [1.29, 1.82) is 0 Å². The van der Waals surface area contributed by atoms with Crippen molar-refractivity contribution in [2.24, 2.45) is 0 Å². The molecule has 1 amide bonds. The first-order chi connectivity index (χ1) is 13.4. The third-order valence-electron chi connectivity index (χ3n) is 4.04. The molecule has 0 radical (unpaired) electrons. The van der Waals surface area contributed by atoms with Crippen LogP contribution < -0.4 is 14.8 Å². The quantitative estimate of drug-likeness (QED) is 0.580. The molecule has 0 bridgehead atoms. The Balaban J connectivity index is 1.46. The van der Waals surface area contributed by atoms with E-state index in [1.807, 2.05) is 0 Å². The highest BCUT2D eigenvalue weighted by Crippen LogP contribution is 2.34. The van der Waals surface area contributed by atoms with Gasteiger partial charge in [0.1, 0.15) is 5.82 Å². The number of carbonyl (C=O) groups excluding carboxylic acids is 3. The molecule has 8 heteroatoms. The molecule has 7 nitrogen and oxygen atoms in total. The van der Waals surface area contributed by atoms with Crippen molar-refractivity contribution in [2.45, 2.75) is 25.9 Å². The van der Waals surface area contributed by atoms with Crippen LogP contribution in [0, 0.1) is 5.82 Å². The monoisotopic (exact) mass is 387 g/mol. The first-order valence-corrected chi connectivity index (χ1v) is 8.61. The van der Waals surface area contributed by atoms with Crippen LogP contribution in [0.2, 0.25) is 0 Å². The molecular formula is C20H18FNO6. The highest BCUT2D eigenvalue weighted by molar-refractivity contribution is 5.98. The van der Waals surface area contributed by atoms with Gasteiger partial charge in [0.15, 0.2) is 23.4 Å². The van der Waals surface area contributed by atoms with Crippen LogP contribution in [0.25, 0.3) is 0 Å². The second-order valence-electron chi connectivity index (χ2n) is 6.12. The zero-order valence-electron chi connectivity index (χ0n) is 15.1. The number of amides is 1. The second-order valence-corrected chi connectivity index (χ2v) is 6.12. The number of Topliss-reactive ketones (excluding diaryl/α,β-unsaturated/α-hetero) is 1. The number of benzene rings is 2. The van der Waals surface area contributed by atoms with Gasteiger partial charge in [0, 0.05) is 23.7 Å². The number of hydrogen-bond acceptors (Lipinski definition) is 6. The molecule has 1 atom stereocenters. The van der Waals surface area contributed by atoms with E-state index < -0.39 is 23.8 Å². The molecule has 1 N–H and O–H groups in total. The lowest BCUT2D eigenvalue weighted by atomic mass is 10.1. The summed E-state index contributed by atoms with van der Waals surface area (Å²) < 4.78 is 28.4. The summed E-state index contributed by atoms with van der Waals surface area (Å²) in [5.74, 6) is -0.849. The summed E-state index contributed by atoms with van der Waals surface area (Å²) in [6.45, 7) is 1.55. The van der Waals surface area contributed by atoms with Crippen LogP contribution in [0.4, 0.5) is 10.1 Å². The molecule has 0 spiro atoms. The summed E-state index contributed by atoms with van der Waals surface area (Å²) in [4.78, 5) is 36.1. The molecule has 0 fully saturated rings. The Labute approximate surface area is 160 Å². The van der Waals surface area contributed by atoms with Gasteiger partial charge in [-0.05, 0) is 43.3 Å². The van der Waals surface area contributed by atoms with E-state index in [1.165, 1.54) is 31.2 Å². The number of anilines is 1. The van der Waals surface area contributed by atoms with E-state index in [2.05, 4.69) is 5.32 Å². The number of rotatable bonds is 7. The zero-order chi connectivity index (χ0) is 20.1. The lowest BCUT2D eigenvalue weighted by Gasteiger charge is -2.13. The Kier molecular flexibility index (Phi) is 5.88. The Morgan fingerprint density at radius 3 is 2.54 bits per heavy atom. The van der Waals surface area contributed by atoms with Crippen LogP contribution in [0.5, 0.6) is 11.5 Å². The SMILES string of the molecule is CC(OC(=O)CCC(=O)c1ccc(F)cc1)C(=O)Nc1ccc2c(c1)OCO2. The molecule has 1 aliphatic rings. The van der Waals surface area contributed by atoms with E-state index in [1.54, 1.807) is 18.2 Å². The maximum absolute atomic E-state index is 12.9. The van der Waals surface area contributed by atoms with Crippen LogP contribution in [0.1, 0.15) is 30.1 Å². The Bertz CT molecular complexity index is 896. The summed E-state index contributed by atoms with van der Waals surface area (Å²) in [7, 11) is 0. The number of ketones is 1. The van der Waals surface area contributed by atoms with E-state index >= 15 is 0 Å². The largest absolute Gasteiger partial charge is 0.454 e. The van der Waals surface area contributed by atoms with Gasteiger partial charge in [0.05, 0.1) is 6.42 Å². The van der Waals surface area contributed by atoms with Crippen molar-refractivity contribution < 1.29 is 33.0 Å². The first kappa shape index (κ1) is 19.3. The molecule has 2 aromatic carbocycles. The van der Waals surface area contributed by atoms with Crippen molar-refractivity contribution in [3.8, 4) is 11.5 Å². The highest BCUT2D eigenvalue weighted by Gasteiger charge is 2.20. The molecular weight excluding hydrogens is 369 g/mol. The van der Waals surface area contributed by atoms with E-state index in [9.17, 15) is 18.8 Å².